The van der Waals surface area contributed by atoms with E-state index in [0.29, 0.717) is 18.8 Å². The summed E-state index contributed by atoms with van der Waals surface area (Å²) in [5, 5.41) is 5.98. The Labute approximate surface area is 183 Å². The van der Waals surface area contributed by atoms with Crippen molar-refractivity contribution in [2.45, 2.75) is 26.3 Å². The fourth-order valence-corrected chi connectivity index (χ4v) is 3.97. The molecular formula is C24H33FN4O2+2. The molecule has 0 aromatic heterocycles. The van der Waals surface area contributed by atoms with Crippen molar-refractivity contribution in [2.24, 2.45) is 0 Å². The van der Waals surface area contributed by atoms with Gasteiger partial charge in [0.2, 0.25) is 0 Å². The molecule has 1 fully saturated rings. The number of hydrogen-bond donors (Lipinski definition) is 4. The highest BCUT2D eigenvalue weighted by molar-refractivity contribution is 5.91. The van der Waals surface area contributed by atoms with Crippen LogP contribution < -0.4 is 20.4 Å². The quantitative estimate of drug-likeness (QED) is 0.483. The first kappa shape index (κ1) is 22.9. The first-order valence-corrected chi connectivity index (χ1v) is 11.0. The predicted molar refractivity (Wildman–Crippen MR) is 119 cm³/mol. The number of aryl methyl sites for hydroxylation is 1. The molecule has 2 amide bonds. The molecule has 1 saturated heterocycles. The first-order chi connectivity index (χ1) is 14.9. The van der Waals surface area contributed by atoms with Crippen molar-refractivity contribution in [1.82, 2.24) is 5.32 Å². The van der Waals surface area contributed by atoms with E-state index in [1.54, 1.807) is 12.1 Å². The van der Waals surface area contributed by atoms with Crippen LogP contribution in [0.4, 0.5) is 10.1 Å². The average Bonchev–Trinajstić information content (AvgIpc) is 2.76. The molecule has 1 aliphatic heterocycles. The Balaban J connectivity index is 1.39. The Kier molecular flexibility index (Phi) is 8.14. The van der Waals surface area contributed by atoms with Crippen molar-refractivity contribution in [1.29, 1.82) is 0 Å². The van der Waals surface area contributed by atoms with Crippen LogP contribution in [-0.2, 0) is 9.59 Å². The van der Waals surface area contributed by atoms with Crippen LogP contribution >= 0.6 is 0 Å². The summed E-state index contributed by atoms with van der Waals surface area (Å²) in [6, 6.07) is 14.1. The van der Waals surface area contributed by atoms with E-state index in [2.05, 4.69) is 48.7 Å². The number of nitrogens with one attached hydrogen (secondary N) is 4. The maximum absolute atomic E-state index is 13.0. The molecule has 1 heterocycles. The van der Waals surface area contributed by atoms with Crippen LogP contribution in [0.3, 0.4) is 0 Å². The van der Waals surface area contributed by atoms with Gasteiger partial charge in [-0.05, 0) is 43.2 Å². The molecular weight excluding hydrogens is 395 g/mol. The Bertz CT molecular complexity index is 862. The van der Waals surface area contributed by atoms with Gasteiger partial charge in [0.05, 0.1) is 6.04 Å². The molecule has 0 bridgehead atoms. The molecule has 2 aromatic rings. The number of benzene rings is 2. The third-order valence-electron chi connectivity index (χ3n) is 5.84. The van der Waals surface area contributed by atoms with Crippen molar-refractivity contribution in [3.8, 4) is 0 Å². The molecule has 0 saturated carbocycles. The summed E-state index contributed by atoms with van der Waals surface area (Å²) in [5.74, 6) is -0.331. The molecule has 31 heavy (non-hydrogen) atoms. The minimum atomic E-state index is -0.323. The standard InChI is InChI=1S/C24H31FN4O2/c1-3-22(19-6-4-18(2)5-7-19)27-24(31)17-29-14-12-28(13-15-29)16-23(30)26-21-10-8-20(25)9-11-21/h4-11,22H,3,12-17H2,1-2H3,(H,26,30)(H,27,31)/p+2/t22-/m0/s1. The molecule has 7 heteroatoms. The van der Waals surface area contributed by atoms with E-state index >= 15 is 0 Å². The Morgan fingerprint density at radius 3 is 2.00 bits per heavy atom. The zero-order valence-electron chi connectivity index (χ0n) is 18.3. The molecule has 6 nitrogen and oxygen atoms in total. The van der Waals surface area contributed by atoms with E-state index in [-0.39, 0.29) is 23.7 Å². The van der Waals surface area contributed by atoms with Gasteiger partial charge in [-0.3, -0.25) is 9.59 Å². The Morgan fingerprint density at radius 1 is 0.903 bits per heavy atom. The number of amides is 2. The Morgan fingerprint density at radius 2 is 1.45 bits per heavy atom. The van der Waals surface area contributed by atoms with Crippen LogP contribution in [-0.4, -0.2) is 51.1 Å². The number of anilines is 1. The molecule has 1 atom stereocenters. The first-order valence-electron chi connectivity index (χ1n) is 11.0. The normalized spacial score (nSPS) is 19.5. The number of piperazine rings is 1. The van der Waals surface area contributed by atoms with Gasteiger partial charge < -0.3 is 20.4 Å². The van der Waals surface area contributed by atoms with Gasteiger partial charge >= 0.3 is 0 Å². The fraction of sp³-hybridized carbons (Fsp3) is 0.417. The van der Waals surface area contributed by atoms with Crippen LogP contribution in [0.5, 0.6) is 0 Å². The monoisotopic (exact) mass is 428 g/mol. The van der Waals surface area contributed by atoms with Crippen LogP contribution in [0.1, 0.15) is 30.5 Å². The summed E-state index contributed by atoms with van der Waals surface area (Å²) in [6.07, 6.45) is 0.852. The topological polar surface area (TPSA) is 67.1 Å². The zero-order chi connectivity index (χ0) is 22.2. The average molecular weight is 429 g/mol. The third-order valence-corrected chi connectivity index (χ3v) is 5.84. The number of rotatable bonds is 8. The third kappa shape index (κ3) is 7.15. The zero-order valence-corrected chi connectivity index (χ0v) is 18.3. The molecule has 2 aromatic carbocycles. The summed E-state index contributed by atoms with van der Waals surface area (Å²) in [6.45, 7) is 8.36. The predicted octanol–water partition coefficient (Wildman–Crippen LogP) is 0.124. The molecule has 3 rings (SSSR count). The summed E-state index contributed by atoms with van der Waals surface area (Å²) in [7, 11) is 0. The van der Waals surface area contributed by atoms with Crippen molar-refractivity contribution < 1.29 is 23.8 Å². The van der Waals surface area contributed by atoms with Crippen LogP contribution in [0, 0.1) is 12.7 Å². The van der Waals surface area contributed by atoms with Gasteiger partial charge in [0.25, 0.3) is 11.8 Å². The summed E-state index contributed by atoms with van der Waals surface area (Å²) in [5.41, 5.74) is 2.95. The molecule has 0 unspecified atom stereocenters. The van der Waals surface area contributed by atoms with Gasteiger partial charge in [0, 0.05) is 5.69 Å². The van der Waals surface area contributed by atoms with Crippen LogP contribution in [0.15, 0.2) is 48.5 Å². The number of hydrogen-bond acceptors (Lipinski definition) is 2. The van der Waals surface area contributed by atoms with Crippen molar-refractivity contribution in [2.75, 3.05) is 44.6 Å². The second-order valence-electron chi connectivity index (χ2n) is 8.35. The summed E-state index contributed by atoms with van der Waals surface area (Å²) in [4.78, 5) is 27.3. The lowest BCUT2D eigenvalue weighted by Crippen LogP contribution is -3.28. The summed E-state index contributed by atoms with van der Waals surface area (Å²) < 4.78 is 13.0. The second kappa shape index (κ2) is 11.0. The lowest BCUT2D eigenvalue weighted by molar-refractivity contribution is -1.00. The molecule has 1 aliphatic rings. The number of carbonyl (C=O) groups is 2. The van der Waals surface area contributed by atoms with E-state index < -0.39 is 0 Å². The second-order valence-corrected chi connectivity index (χ2v) is 8.35. The van der Waals surface area contributed by atoms with Gasteiger partial charge in [0.15, 0.2) is 13.1 Å². The van der Waals surface area contributed by atoms with E-state index in [0.717, 1.165) is 38.2 Å². The number of halogens is 1. The van der Waals surface area contributed by atoms with Gasteiger partial charge in [-0.15, -0.1) is 0 Å². The maximum Gasteiger partial charge on any atom is 0.279 e. The maximum atomic E-state index is 13.0. The van der Waals surface area contributed by atoms with Crippen molar-refractivity contribution >= 4 is 17.5 Å². The number of quaternary nitrogens is 2. The van der Waals surface area contributed by atoms with Gasteiger partial charge in [-0.2, -0.15) is 0 Å². The van der Waals surface area contributed by atoms with E-state index in [1.165, 1.54) is 27.5 Å². The highest BCUT2D eigenvalue weighted by Gasteiger charge is 2.27. The Hall–Kier alpha value is -2.77. The number of carbonyl (C=O) groups excluding carboxylic acids is 2. The molecule has 4 N–H and O–H groups in total. The minimum Gasteiger partial charge on any atom is -0.344 e. The van der Waals surface area contributed by atoms with E-state index in [4.69, 9.17) is 0 Å². The minimum absolute atomic E-state index is 0.0366. The molecule has 166 valence electrons. The smallest absolute Gasteiger partial charge is 0.279 e. The molecule has 0 spiro atoms. The summed E-state index contributed by atoms with van der Waals surface area (Å²) >= 11 is 0. The van der Waals surface area contributed by atoms with Crippen LogP contribution in [0.25, 0.3) is 0 Å². The van der Waals surface area contributed by atoms with Gasteiger partial charge in [-0.1, -0.05) is 36.8 Å². The van der Waals surface area contributed by atoms with Gasteiger partial charge in [0.1, 0.15) is 32.0 Å². The van der Waals surface area contributed by atoms with Crippen molar-refractivity contribution in [3.63, 3.8) is 0 Å². The largest absolute Gasteiger partial charge is 0.344 e. The van der Waals surface area contributed by atoms with E-state index in [1.807, 2.05) is 0 Å². The fourth-order valence-electron chi connectivity index (χ4n) is 3.97. The highest BCUT2D eigenvalue weighted by Crippen LogP contribution is 2.16. The van der Waals surface area contributed by atoms with Gasteiger partial charge in [-0.25, -0.2) is 4.39 Å². The van der Waals surface area contributed by atoms with E-state index in [9.17, 15) is 14.0 Å². The highest BCUT2D eigenvalue weighted by atomic mass is 19.1. The van der Waals surface area contributed by atoms with Crippen molar-refractivity contribution in [3.05, 3.63) is 65.5 Å². The molecule has 0 radical (unpaired) electrons. The molecule has 0 aliphatic carbocycles. The van der Waals surface area contributed by atoms with Crippen LogP contribution in [0.2, 0.25) is 0 Å². The SMILES string of the molecule is CC[C@H](NC(=O)C[NH+]1CC[NH+](CC(=O)Nc2ccc(F)cc2)CC1)c1ccc(C)cc1. The lowest BCUT2D eigenvalue weighted by atomic mass is 10.0. The lowest BCUT2D eigenvalue weighted by Gasteiger charge is -2.29.